The average Bonchev–Trinajstić information content (AvgIpc) is 2.85. The van der Waals surface area contributed by atoms with Gasteiger partial charge in [0.2, 0.25) is 0 Å². The number of hydrogen-bond acceptors (Lipinski definition) is 1. The lowest BCUT2D eigenvalue weighted by Crippen LogP contribution is -2.23. The first-order valence-electron chi connectivity index (χ1n) is 6.59. The van der Waals surface area contributed by atoms with E-state index in [0.717, 1.165) is 31.4 Å². The molecule has 18 heavy (non-hydrogen) atoms. The van der Waals surface area contributed by atoms with Gasteiger partial charge in [0.1, 0.15) is 5.82 Å². The Bertz CT molecular complexity index is 442. The maximum atomic E-state index is 13.1. The number of rotatable bonds is 5. The largest absolute Gasteiger partial charge is 0.306 e. The fourth-order valence-corrected chi connectivity index (χ4v) is 2.70. The zero-order chi connectivity index (χ0) is 13.0. The Morgan fingerprint density at radius 3 is 2.89 bits per heavy atom. The molecule has 1 aliphatic rings. The molecule has 0 saturated carbocycles. The van der Waals surface area contributed by atoms with Gasteiger partial charge in [0.05, 0.1) is 6.04 Å². The molecule has 0 saturated heterocycles. The van der Waals surface area contributed by atoms with Crippen LogP contribution in [0, 0.1) is 5.82 Å². The molecule has 0 bridgehead atoms. The molecule has 3 heteroatoms. The first-order valence-corrected chi connectivity index (χ1v) is 6.97. The first-order chi connectivity index (χ1) is 8.72. The van der Waals surface area contributed by atoms with E-state index >= 15 is 0 Å². The first kappa shape index (κ1) is 13.6. The maximum Gasteiger partial charge on any atom is 0.124 e. The summed E-state index contributed by atoms with van der Waals surface area (Å²) < 4.78 is 13.1. The van der Waals surface area contributed by atoms with Gasteiger partial charge in [-0.1, -0.05) is 36.2 Å². The minimum absolute atomic E-state index is 0.139. The fraction of sp³-hybridized carbons (Fsp3) is 0.467. The molecule has 1 atom stereocenters. The van der Waals surface area contributed by atoms with Crippen LogP contribution in [0.1, 0.15) is 44.2 Å². The van der Waals surface area contributed by atoms with Crippen molar-refractivity contribution in [1.82, 2.24) is 5.32 Å². The van der Waals surface area contributed by atoms with E-state index in [4.69, 9.17) is 11.6 Å². The zero-order valence-electron chi connectivity index (χ0n) is 10.7. The van der Waals surface area contributed by atoms with Crippen molar-refractivity contribution in [3.05, 3.63) is 46.3 Å². The normalized spacial score (nSPS) is 16.7. The topological polar surface area (TPSA) is 12.0 Å². The van der Waals surface area contributed by atoms with Crippen LogP contribution in [-0.4, -0.2) is 6.54 Å². The molecular weight excluding hydrogens is 249 g/mol. The fourth-order valence-electron chi connectivity index (χ4n) is 2.42. The van der Waals surface area contributed by atoms with Crippen molar-refractivity contribution < 1.29 is 4.39 Å². The van der Waals surface area contributed by atoms with E-state index < -0.39 is 0 Å². The van der Waals surface area contributed by atoms with Crippen molar-refractivity contribution in [2.45, 2.75) is 38.6 Å². The number of halogens is 2. The highest BCUT2D eigenvalue weighted by Gasteiger charge is 2.20. The minimum atomic E-state index is -0.279. The summed E-state index contributed by atoms with van der Waals surface area (Å²) in [6.45, 7) is 3.08. The summed E-state index contributed by atoms with van der Waals surface area (Å²) in [6.07, 6.45) is 6.81. The zero-order valence-corrected chi connectivity index (χ0v) is 11.4. The smallest absolute Gasteiger partial charge is 0.124 e. The Hall–Kier alpha value is -0.860. The van der Waals surface area contributed by atoms with Gasteiger partial charge < -0.3 is 5.32 Å². The lowest BCUT2D eigenvalue weighted by atomic mass is 9.98. The van der Waals surface area contributed by atoms with Crippen LogP contribution in [-0.2, 0) is 0 Å². The predicted octanol–water partition coefficient (Wildman–Crippen LogP) is 4.63. The van der Waals surface area contributed by atoms with Crippen molar-refractivity contribution in [2.75, 3.05) is 6.54 Å². The van der Waals surface area contributed by atoms with Crippen LogP contribution in [0.4, 0.5) is 4.39 Å². The van der Waals surface area contributed by atoms with E-state index in [9.17, 15) is 4.39 Å². The van der Waals surface area contributed by atoms with E-state index in [0.29, 0.717) is 5.02 Å². The summed E-state index contributed by atoms with van der Waals surface area (Å²) in [4.78, 5) is 0. The Balaban J connectivity index is 2.26. The average molecular weight is 268 g/mol. The summed E-state index contributed by atoms with van der Waals surface area (Å²) in [5.41, 5.74) is 2.37. The van der Waals surface area contributed by atoms with Crippen LogP contribution in [0.25, 0.3) is 0 Å². The highest BCUT2D eigenvalue weighted by atomic mass is 35.5. The summed E-state index contributed by atoms with van der Waals surface area (Å²) in [5, 5.41) is 4.02. The van der Waals surface area contributed by atoms with Crippen molar-refractivity contribution >= 4 is 11.6 Å². The molecule has 1 N–H and O–H groups in total. The van der Waals surface area contributed by atoms with Crippen LogP contribution >= 0.6 is 11.6 Å². The van der Waals surface area contributed by atoms with Gasteiger partial charge in [0.15, 0.2) is 0 Å². The molecule has 1 aromatic rings. The minimum Gasteiger partial charge on any atom is -0.306 e. The number of nitrogens with one attached hydrogen (secondary N) is 1. The molecular formula is C15H19ClFN. The Kier molecular flexibility index (Phi) is 4.79. The molecule has 0 radical (unpaired) electrons. The van der Waals surface area contributed by atoms with E-state index in [-0.39, 0.29) is 11.9 Å². The maximum absolute atomic E-state index is 13.1. The molecule has 1 nitrogen and oxygen atoms in total. The Morgan fingerprint density at radius 1 is 1.44 bits per heavy atom. The molecule has 0 aromatic heterocycles. The third kappa shape index (κ3) is 3.12. The highest BCUT2D eigenvalue weighted by molar-refractivity contribution is 6.31. The Labute approximate surface area is 113 Å². The van der Waals surface area contributed by atoms with Gasteiger partial charge in [0.25, 0.3) is 0 Å². The van der Waals surface area contributed by atoms with Gasteiger partial charge >= 0.3 is 0 Å². The molecule has 2 rings (SSSR count). The third-order valence-corrected chi connectivity index (χ3v) is 3.65. The van der Waals surface area contributed by atoms with E-state index in [1.165, 1.54) is 24.1 Å². The second-order valence-corrected chi connectivity index (χ2v) is 5.13. The second-order valence-electron chi connectivity index (χ2n) is 4.72. The number of allylic oxidation sites excluding steroid dienone is 1. The predicted molar refractivity (Wildman–Crippen MR) is 74.4 cm³/mol. The van der Waals surface area contributed by atoms with Crippen LogP contribution in [0.3, 0.4) is 0 Å². The molecule has 0 fully saturated rings. The SMILES string of the molecule is CCCNC(C1=CCCC1)c1ccc(F)cc1Cl. The van der Waals surface area contributed by atoms with Gasteiger partial charge in [-0.25, -0.2) is 4.39 Å². The molecule has 98 valence electrons. The standard InChI is InChI=1S/C15H19ClFN/c1-2-9-18-15(11-5-3-4-6-11)13-8-7-12(17)10-14(13)16/h5,7-8,10,15,18H,2-4,6,9H2,1H3. The molecule has 0 amide bonds. The molecule has 1 aliphatic carbocycles. The molecule has 0 heterocycles. The van der Waals surface area contributed by atoms with Gasteiger partial charge in [-0.15, -0.1) is 0 Å². The summed E-state index contributed by atoms with van der Waals surface area (Å²) in [6, 6.07) is 4.81. The summed E-state index contributed by atoms with van der Waals surface area (Å²) >= 11 is 6.17. The number of hydrogen-bond donors (Lipinski definition) is 1. The van der Waals surface area contributed by atoms with Crippen LogP contribution in [0.5, 0.6) is 0 Å². The Morgan fingerprint density at radius 2 is 2.28 bits per heavy atom. The van der Waals surface area contributed by atoms with Crippen molar-refractivity contribution in [2.24, 2.45) is 0 Å². The third-order valence-electron chi connectivity index (χ3n) is 3.32. The van der Waals surface area contributed by atoms with Crippen molar-refractivity contribution in [3.8, 4) is 0 Å². The molecule has 1 unspecified atom stereocenters. The van der Waals surface area contributed by atoms with Crippen molar-refractivity contribution in [3.63, 3.8) is 0 Å². The molecule has 1 aromatic carbocycles. The van der Waals surface area contributed by atoms with Crippen LogP contribution in [0.2, 0.25) is 5.02 Å². The molecule has 0 aliphatic heterocycles. The highest BCUT2D eigenvalue weighted by Crippen LogP contribution is 2.34. The van der Waals surface area contributed by atoms with E-state index in [1.807, 2.05) is 0 Å². The lowest BCUT2D eigenvalue weighted by Gasteiger charge is -2.21. The van der Waals surface area contributed by atoms with Crippen LogP contribution < -0.4 is 5.32 Å². The van der Waals surface area contributed by atoms with E-state index in [2.05, 4.69) is 18.3 Å². The molecule has 0 spiro atoms. The van der Waals surface area contributed by atoms with Gasteiger partial charge in [-0.2, -0.15) is 0 Å². The van der Waals surface area contributed by atoms with Crippen molar-refractivity contribution in [1.29, 1.82) is 0 Å². The second kappa shape index (κ2) is 6.35. The number of benzene rings is 1. The summed E-state index contributed by atoms with van der Waals surface area (Å²) in [7, 11) is 0. The quantitative estimate of drug-likeness (QED) is 0.767. The monoisotopic (exact) mass is 267 g/mol. The van der Waals surface area contributed by atoms with E-state index in [1.54, 1.807) is 6.07 Å². The van der Waals surface area contributed by atoms with Gasteiger partial charge in [-0.05, 0) is 49.9 Å². The van der Waals surface area contributed by atoms with Gasteiger partial charge in [0, 0.05) is 5.02 Å². The van der Waals surface area contributed by atoms with Crippen LogP contribution in [0.15, 0.2) is 29.8 Å². The lowest BCUT2D eigenvalue weighted by molar-refractivity contribution is 0.575. The van der Waals surface area contributed by atoms with Gasteiger partial charge in [-0.3, -0.25) is 0 Å². The summed E-state index contributed by atoms with van der Waals surface area (Å²) in [5.74, 6) is -0.279.